The fourth-order valence-corrected chi connectivity index (χ4v) is 1.34. The molecule has 0 fully saturated rings. The molecule has 0 aromatic carbocycles. The van der Waals surface area contributed by atoms with Crippen LogP contribution in [0, 0.1) is 11.6 Å². The minimum atomic E-state index is -0.936. The maximum Gasteiger partial charge on any atom is 0.237 e. The van der Waals surface area contributed by atoms with E-state index in [0.717, 1.165) is 0 Å². The van der Waals surface area contributed by atoms with E-state index in [1.54, 1.807) is 13.8 Å². The molecule has 1 aromatic rings. The van der Waals surface area contributed by atoms with Crippen LogP contribution in [-0.2, 0) is 4.79 Å². The van der Waals surface area contributed by atoms with Crippen LogP contribution in [0.3, 0.4) is 0 Å². The molecular formula is C10H14F2N4O. The van der Waals surface area contributed by atoms with E-state index in [9.17, 15) is 13.6 Å². The summed E-state index contributed by atoms with van der Waals surface area (Å²) in [6.07, 6.45) is 0. The predicted octanol–water partition coefficient (Wildman–Crippen LogP) is 0.642. The van der Waals surface area contributed by atoms with Gasteiger partial charge in [0, 0.05) is 12.1 Å². The molecule has 0 unspecified atom stereocenters. The third-order valence-corrected chi connectivity index (χ3v) is 2.16. The summed E-state index contributed by atoms with van der Waals surface area (Å²) in [5.74, 6) is -3.06. The number of carbonyl (C=O) groups excluding carboxylic acids is 1. The molecule has 1 aromatic heterocycles. The van der Waals surface area contributed by atoms with Gasteiger partial charge in [-0.05, 0) is 13.8 Å². The average molecular weight is 244 g/mol. The van der Waals surface area contributed by atoms with Crippen molar-refractivity contribution in [2.24, 2.45) is 5.73 Å². The van der Waals surface area contributed by atoms with E-state index in [1.807, 2.05) is 0 Å². The molecule has 1 heterocycles. The maximum absolute atomic E-state index is 13.5. The summed E-state index contributed by atoms with van der Waals surface area (Å²) in [4.78, 5) is 15.8. The molecule has 0 aliphatic carbocycles. The zero-order valence-corrected chi connectivity index (χ0v) is 9.58. The molecular weight excluding hydrogens is 230 g/mol. The summed E-state index contributed by atoms with van der Waals surface area (Å²) in [5, 5.41) is 0. The number of pyridine rings is 1. The molecule has 0 spiro atoms. The number of nitrogens with two attached hydrogens (primary N) is 2. The van der Waals surface area contributed by atoms with Crippen LogP contribution in [0.4, 0.5) is 20.4 Å². The number of hydrogen-bond donors (Lipinski definition) is 2. The van der Waals surface area contributed by atoms with Crippen LogP contribution in [0.25, 0.3) is 0 Å². The van der Waals surface area contributed by atoms with Gasteiger partial charge in [0.25, 0.3) is 0 Å². The third-order valence-electron chi connectivity index (χ3n) is 2.16. The van der Waals surface area contributed by atoms with E-state index in [2.05, 4.69) is 4.98 Å². The Kier molecular flexibility index (Phi) is 3.82. The molecule has 4 N–H and O–H groups in total. The minimum Gasteiger partial charge on any atom is -0.381 e. The van der Waals surface area contributed by atoms with Gasteiger partial charge in [0.15, 0.2) is 23.3 Å². The van der Waals surface area contributed by atoms with Crippen molar-refractivity contribution in [3.63, 3.8) is 0 Å². The van der Waals surface area contributed by atoms with Gasteiger partial charge in [-0.25, -0.2) is 13.8 Å². The Morgan fingerprint density at radius 1 is 1.47 bits per heavy atom. The second kappa shape index (κ2) is 4.94. The smallest absolute Gasteiger partial charge is 0.237 e. The molecule has 1 rings (SSSR count). The Bertz CT molecular complexity index is 437. The van der Waals surface area contributed by atoms with Crippen LogP contribution in [-0.4, -0.2) is 23.5 Å². The molecule has 94 valence electrons. The standard InChI is InChI=1S/C10H14F2N4O/c1-5(2)16(4-8(13)17)10-7(12)3-6(11)9(14)15-10/h3,5H,4H2,1-2H3,(H2,13,17)(H2,14,15). The van der Waals surface area contributed by atoms with Crippen molar-refractivity contribution in [3.05, 3.63) is 17.7 Å². The number of aromatic nitrogens is 1. The summed E-state index contributed by atoms with van der Waals surface area (Å²) in [6.45, 7) is 3.24. The number of rotatable bonds is 4. The zero-order valence-electron chi connectivity index (χ0n) is 9.58. The van der Waals surface area contributed by atoms with E-state index in [4.69, 9.17) is 11.5 Å². The minimum absolute atomic E-state index is 0.183. The van der Waals surface area contributed by atoms with E-state index >= 15 is 0 Å². The SMILES string of the molecule is CC(C)N(CC(N)=O)c1nc(N)c(F)cc1F. The van der Waals surface area contributed by atoms with Crippen LogP contribution in [0.1, 0.15) is 13.8 Å². The number of nitrogen functional groups attached to an aromatic ring is 1. The van der Waals surface area contributed by atoms with Gasteiger partial charge in [-0.2, -0.15) is 0 Å². The quantitative estimate of drug-likeness (QED) is 0.814. The molecule has 1 amide bonds. The van der Waals surface area contributed by atoms with Crippen molar-refractivity contribution in [1.29, 1.82) is 0 Å². The Hall–Kier alpha value is -1.92. The zero-order chi connectivity index (χ0) is 13.2. The highest BCUT2D eigenvalue weighted by Crippen LogP contribution is 2.22. The number of halogens is 2. The highest BCUT2D eigenvalue weighted by atomic mass is 19.1. The lowest BCUT2D eigenvalue weighted by Gasteiger charge is -2.26. The lowest BCUT2D eigenvalue weighted by atomic mass is 10.3. The molecule has 0 saturated heterocycles. The first-order valence-electron chi connectivity index (χ1n) is 4.99. The van der Waals surface area contributed by atoms with Gasteiger partial charge in [0.2, 0.25) is 5.91 Å². The van der Waals surface area contributed by atoms with E-state index in [-0.39, 0.29) is 18.4 Å². The van der Waals surface area contributed by atoms with Gasteiger partial charge >= 0.3 is 0 Å². The van der Waals surface area contributed by atoms with E-state index in [0.29, 0.717) is 6.07 Å². The monoisotopic (exact) mass is 244 g/mol. The van der Waals surface area contributed by atoms with Gasteiger partial charge in [-0.3, -0.25) is 4.79 Å². The number of carbonyl (C=O) groups is 1. The van der Waals surface area contributed by atoms with Crippen LogP contribution in [0.5, 0.6) is 0 Å². The first kappa shape index (κ1) is 13.1. The van der Waals surface area contributed by atoms with Gasteiger partial charge in [0.05, 0.1) is 6.54 Å². The van der Waals surface area contributed by atoms with Crippen molar-refractivity contribution < 1.29 is 13.6 Å². The van der Waals surface area contributed by atoms with Gasteiger partial charge in [-0.1, -0.05) is 0 Å². The fraction of sp³-hybridized carbons (Fsp3) is 0.400. The van der Waals surface area contributed by atoms with Crippen molar-refractivity contribution in [2.45, 2.75) is 19.9 Å². The fourth-order valence-electron chi connectivity index (χ4n) is 1.34. The van der Waals surface area contributed by atoms with Crippen molar-refractivity contribution >= 4 is 17.5 Å². The van der Waals surface area contributed by atoms with Crippen LogP contribution >= 0.6 is 0 Å². The lowest BCUT2D eigenvalue weighted by Crippen LogP contribution is -2.39. The Balaban J connectivity index is 3.18. The second-order valence-corrected chi connectivity index (χ2v) is 3.85. The molecule has 0 bridgehead atoms. The van der Waals surface area contributed by atoms with Gasteiger partial charge < -0.3 is 16.4 Å². The Morgan fingerprint density at radius 3 is 2.53 bits per heavy atom. The van der Waals surface area contributed by atoms with Crippen LogP contribution in [0.15, 0.2) is 6.07 Å². The normalized spacial score (nSPS) is 10.6. The number of amides is 1. The van der Waals surface area contributed by atoms with E-state index in [1.165, 1.54) is 4.90 Å². The summed E-state index contributed by atoms with van der Waals surface area (Å²) in [7, 11) is 0. The molecule has 17 heavy (non-hydrogen) atoms. The molecule has 7 heteroatoms. The first-order valence-corrected chi connectivity index (χ1v) is 4.99. The summed E-state index contributed by atoms with van der Waals surface area (Å²) in [5.41, 5.74) is 10.3. The molecule has 0 saturated carbocycles. The summed E-state index contributed by atoms with van der Waals surface area (Å²) < 4.78 is 26.5. The number of hydrogen-bond acceptors (Lipinski definition) is 4. The topological polar surface area (TPSA) is 85.2 Å². The van der Waals surface area contributed by atoms with Crippen LogP contribution < -0.4 is 16.4 Å². The molecule has 0 atom stereocenters. The van der Waals surface area contributed by atoms with Gasteiger partial charge in [0.1, 0.15) is 0 Å². The largest absolute Gasteiger partial charge is 0.381 e. The Labute approximate surface area is 97.4 Å². The summed E-state index contributed by atoms with van der Waals surface area (Å²) >= 11 is 0. The van der Waals surface area contributed by atoms with Crippen molar-refractivity contribution in [2.75, 3.05) is 17.2 Å². The highest BCUT2D eigenvalue weighted by Gasteiger charge is 2.20. The average Bonchev–Trinajstić information content (AvgIpc) is 2.20. The molecule has 0 aliphatic rings. The van der Waals surface area contributed by atoms with Crippen LogP contribution in [0.2, 0.25) is 0 Å². The third kappa shape index (κ3) is 3.02. The maximum atomic E-state index is 13.5. The van der Waals surface area contributed by atoms with Crippen molar-refractivity contribution in [1.82, 2.24) is 4.98 Å². The predicted molar refractivity (Wildman–Crippen MR) is 60.2 cm³/mol. The van der Waals surface area contributed by atoms with Gasteiger partial charge in [-0.15, -0.1) is 0 Å². The Morgan fingerprint density at radius 2 is 2.06 bits per heavy atom. The highest BCUT2D eigenvalue weighted by molar-refractivity contribution is 5.79. The lowest BCUT2D eigenvalue weighted by molar-refractivity contribution is -0.116. The first-order chi connectivity index (χ1) is 7.82. The summed E-state index contributed by atoms with van der Waals surface area (Å²) in [6, 6.07) is 0.406. The molecule has 0 aliphatic heterocycles. The number of primary amides is 1. The molecule has 5 nitrogen and oxygen atoms in total. The molecule has 0 radical (unpaired) electrons. The second-order valence-electron chi connectivity index (χ2n) is 3.85. The van der Waals surface area contributed by atoms with E-state index < -0.39 is 23.4 Å². The number of anilines is 2. The number of nitrogens with zero attached hydrogens (tertiary/aromatic N) is 2. The van der Waals surface area contributed by atoms with Crippen molar-refractivity contribution in [3.8, 4) is 0 Å².